The summed E-state index contributed by atoms with van der Waals surface area (Å²) in [5, 5.41) is 3.18. The monoisotopic (exact) mass is 392 g/mol. The van der Waals surface area contributed by atoms with Gasteiger partial charge in [0.05, 0.1) is 6.42 Å². The van der Waals surface area contributed by atoms with Crippen LogP contribution in [0.25, 0.3) is 0 Å². The molecule has 1 aliphatic rings. The van der Waals surface area contributed by atoms with Gasteiger partial charge in [-0.3, -0.25) is 9.59 Å². The molecule has 0 radical (unpaired) electrons. The van der Waals surface area contributed by atoms with Gasteiger partial charge < -0.3 is 10.2 Å². The van der Waals surface area contributed by atoms with Crippen LogP contribution < -0.4 is 5.32 Å². The number of hydrogen-bond acceptors (Lipinski definition) is 2. The SMILES string of the molecule is Cc1cccc(CC(=O)N(Cc2ccccc2)[C@@H](C)C(=O)NC2CCCCC2)c1. The van der Waals surface area contributed by atoms with Gasteiger partial charge in [0.15, 0.2) is 0 Å². The number of nitrogens with one attached hydrogen (secondary N) is 1. The fraction of sp³-hybridized carbons (Fsp3) is 0.440. The van der Waals surface area contributed by atoms with E-state index < -0.39 is 6.04 Å². The van der Waals surface area contributed by atoms with E-state index in [1.165, 1.54) is 19.3 Å². The maximum Gasteiger partial charge on any atom is 0.242 e. The van der Waals surface area contributed by atoms with Gasteiger partial charge in [-0.25, -0.2) is 0 Å². The predicted molar refractivity (Wildman–Crippen MR) is 116 cm³/mol. The first kappa shape index (κ1) is 21.1. The number of carbonyl (C=O) groups excluding carboxylic acids is 2. The van der Waals surface area contributed by atoms with Crippen LogP contribution in [0.1, 0.15) is 55.7 Å². The van der Waals surface area contributed by atoms with Gasteiger partial charge in [0.25, 0.3) is 0 Å². The molecule has 29 heavy (non-hydrogen) atoms. The Kier molecular flexibility index (Phi) is 7.45. The predicted octanol–water partition coefficient (Wildman–Crippen LogP) is 4.40. The van der Waals surface area contributed by atoms with E-state index in [-0.39, 0.29) is 17.9 Å². The Morgan fingerprint density at radius 1 is 1.00 bits per heavy atom. The molecule has 0 bridgehead atoms. The number of amides is 2. The van der Waals surface area contributed by atoms with E-state index in [4.69, 9.17) is 0 Å². The van der Waals surface area contributed by atoms with Crippen LogP contribution in [0.4, 0.5) is 0 Å². The summed E-state index contributed by atoms with van der Waals surface area (Å²) in [6.45, 7) is 4.30. The summed E-state index contributed by atoms with van der Waals surface area (Å²) in [5.74, 6) is -0.0730. The second kappa shape index (κ2) is 10.2. The molecule has 0 heterocycles. The van der Waals surface area contributed by atoms with Crippen molar-refractivity contribution in [3.8, 4) is 0 Å². The Morgan fingerprint density at radius 2 is 1.69 bits per heavy atom. The van der Waals surface area contributed by atoms with Crippen molar-refractivity contribution < 1.29 is 9.59 Å². The van der Waals surface area contributed by atoms with Crippen LogP contribution >= 0.6 is 0 Å². The molecular weight excluding hydrogens is 360 g/mol. The highest BCUT2D eigenvalue weighted by atomic mass is 16.2. The number of aryl methyl sites for hydroxylation is 1. The highest BCUT2D eigenvalue weighted by Crippen LogP contribution is 2.18. The lowest BCUT2D eigenvalue weighted by molar-refractivity contribution is -0.140. The molecule has 0 aliphatic heterocycles. The highest BCUT2D eigenvalue weighted by molar-refractivity contribution is 5.88. The van der Waals surface area contributed by atoms with Crippen molar-refractivity contribution in [2.24, 2.45) is 0 Å². The molecule has 1 N–H and O–H groups in total. The van der Waals surface area contributed by atoms with Crippen LogP contribution in [-0.4, -0.2) is 28.8 Å². The van der Waals surface area contributed by atoms with Crippen molar-refractivity contribution in [1.82, 2.24) is 10.2 Å². The molecule has 1 atom stereocenters. The van der Waals surface area contributed by atoms with Crippen molar-refractivity contribution in [2.75, 3.05) is 0 Å². The van der Waals surface area contributed by atoms with Crippen LogP contribution in [0.15, 0.2) is 54.6 Å². The average molecular weight is 393 g/mol. The van der Waals surface area contributed by atoms with Gasteiger partial charge in [-0.05, 0) is 37.8 Å². The number of hydrogen-bond donors (Lipinski definition) is 1. The van der Waals surface area contributed by atoms with Gasteiger partial charge in [0.2, 0.25) is 11.8 Å². The van der Waals surface area contributed by atoms with Crippen molar-refractivity contribution in [2.45, 2.75) is 71.0 Å². The summed E-state index contributed by atoms with van der Waals surface area (Å²) in [7, 11) is 0. The molecule has 4 heteroatoms. The van der Waals surface area contributed by atoms with Gasteiger partial charge >= 0.3 is 0 Å². The highest BCUT2D eigenvalue weighted by Gasteiger charge is 2.28. The molecule has 1 saturated carbocycles. The lowest BCUT2D eigenvalue weighted by Gasteiger charge is -2.31. The zero-order valence-electron chi connectivity index (χ0n) is 17.6. The zero-order valence-corrected chi connectivity index (χ0v) is 17.6. The molecule has 154 valence electrons. The minimum Gasteiger partial charge on any atom is -0.352 e. The van der Waals surface area contributed by atoms with Gasteiger partial charge in [0, 0.05) is 12.6 Å². The van der Waals surface area contributed by atoms with Crippen molar-refractivity contribution in [1.29, 1.82) is 0 Å². The topological polar surface area (TPSA) is 49.4 Å². The van der Waals surface area contributed by atoms with Crippen molar-refractivity contribution >= 4 is 11.8 Å². The van der Waals surface area contributed by atoms with E-state index in [1.54, 1.807) is 4.90 Å². The summed E-state index contributed by atoms with van der Waals surface area (Å²) in [6, 6.07) is 17.6. The molecule has 2 amide bonds. The number of nitrogens with zero attached hydrogens (tertiary/aromatic N) is 1. The van der Waals surface area contributed by atoms with Crippen LogP contribution in [0, 0.1) is 6.92 Å². The standard InChI is InChI=1S/C25H32N2O2/c1-19-10-9-13-22(16-19)17-24(28)27(18-21-11-5-3-6-12-21)20(2)25(29)26-23-14-7-4-8-15-23/h3,5-6,9-13,16,20,23H,4,7-8,14-15,17-18H2,1-2H3,(H,26,29)/t20-/m0/s1. The van der Waals surface area contributed by atoms with Crippen LogP contribution in [0.2, 0.25) is 0 Å². The van der Waals surface area contributed by atoms with Crippen LogP contribution in [-0.2, 0) is 22.6 Å². The molecule has 0 aromatic heterocycles. The Labute approximate surface area is 174 Å². The molecule has 2 aromatic rings. The minimum absolute atomic E-state index is 0.0225. The molecule has 1 aliphatic carbocycles. The maximum atomic E-state index is 13.2. The van der Waals surface area contributed by atoms with Crippen LogP contribution in [0.5, 0.6) is 0 Å². The molecular formula is C25H32N2O2. The summed E-state index contributed by atoms with van der Waals surface area (Å²) in [6.07, 6.45) is 5.95. The molecule has 2 aromatic carbocycles. The Hall–Kier alpha value is -2.62. The molecule has 0 spiro atoms. The number of benzene rings is 2. The molecule has 4 nitrogen and oxygen atoms in total. The van der Waals surface area contributed by atoms with Gasteiger partial charge in [0.1, 0.15) is 6.04 Å². The van der Waals surface area contributed by atoms with Crippen molar-refractivity contribution in [3.63, 3.8) is 0 Å². The first-order valence-corrected chi connectivity index (χ1v) is 10.7. The van der Waals surface area contributed by atoms with E-state index in [1.807, 2.05) is 68.4 Å². The van der Waals surface area contributed by atoms with E-state index >= 15 is 0 Å². The fourth-order valence-corrected chi connectivity index (χ4v) is 4.03. The second-order valence-corrected chi connectivity index (χ2v) is 8.19. The third kappa shape index (κ3) is 6.18. The summed E-state index contributed by atoms with van der Waals surface area (Å²) in [5.41, 5.74) is 3.14. The fourth-order valence-electron chi connectivity index (χ4n) is 4.03. The average Bonchev–Trinajstić information content (AvgIpc) is 2.73. The third-order valence-electron chi connectivity index (χ3n) is 5.75. The maximum absolute atomic E-state index is 13.2. The van der Waals surface area contributed by atoms with E-state index in [9.17, 15) is 9.59 Å². The lowest BCUT2D eigenvalue weighted by Crippen LogP contribution is -2.50. The second-order valence-electron chi connectivity index (χ2n) is 8.19. The number of rotatable bonds is 7. The molecule has 1 fully saturated rings. The first-order chi connectivity index (χ1) is 14.0. The molecule has 0 saturated heterocycles. The van der Waals surface area contributed by atoms with Crippen LogP contribution in [0.3, 0.4) is 0 Å². The quantitative estimate of drug-likeness (QED) is 0.759. The van der Waals surface area contributed by atoms with E-state index in [0.29, 0.717) is 13.0 Å². The van der Waals surface area contributed by atoms with Gasteiger partial charge in [-0.2, -0.15) is 0 Å². The van der Waals surface area contributed by atoms with Gasteiger partial charge in [-0.15, -0.1) is 0 Å². The van der Waals surface area contributed by atoms with Gasteiger partial charge in [-0.1, -0.05) is 79.4 Å². The normalized spacial score (nSPS) is 15.5. The van der Waals surface area contributed by atoms with E-state index in [2.05, 4.69) is 5.32 Å². The van der Waals surface area contributed by atoms with E-state index in [0.717, 1.165) is 29.5 Å². The number of carbonyl (C=O) groups is 2. The smallest absolute Gasteiger partial charge is 0.242 e. The summed E-state index contributed by atoms with van der Waals surface area (Å²) < 4.78 is 0. The summed E-state index contributed by atoms with van der Waals surface area (Å²) >= 11 is 0. The minimum atomic E-state index is -0.505. The lowest BCUT2D eigenvalue weighted by atomic mass is 9.95. The summed E-state index contributed by atoms with van der Waals surface area (Å²) in [4.78, 5) is 27.9. The third-order valence-corrected chi connectivity index (χ3v) is 5.75. The largest absolute Gasteiger partial charge is 0.352 e. The molecule has 0 unspecified atom stereocenters. The zero-order chi connectivity index (χ0) is 20.6. The van der Waals surface area contributed by atoms with Crippen molar-refractivity contribution in [3.05, 3.63) is 71.3 Å². The Bertz CT molecular complexity index is 813. The Balaban J connectivity index is 1.73. The molecule has 3 rings (SSSR count). The Morgan fingerprint density at radius 3 is 2.38 bits per heavy atom. The first-order valence-electron chi connectivity index (χ1n) is 10.7.